The molecule has 2 radical (unpaired) electrons. The fourth-order valence-electron chi connectivity index (χ4n) is 5.43. The molecule has 0 aromatic heterocycles. The van der Waals surface area contributed by atoms with Crippen LogP contribution < -0.4 is 0 Å². The zero-order chi connectivity index (χ0) is 28.1. The van der Waals surface area contributed by atoms with Gasteiger partial charge >= 0.3 is 30.2 Å². The molecule has 0 spiro atoms. The number of hydrogen-bond donors (Lipinski definition) is 0. The zero-order valence-electron chi connectivity index (χ0n) is 25.9. The van der Waals surface area contributed by atoms with Gasteiger partial charge in [-0.25, -0.2) is 0 Å². The van der Waals surface area contributed by atoms with Crippen molar-refractivity contribution >= 4 is 28.4 Å². The van der Waals surface area contributed by atoms with Crippen molar-refractivity contribution in [2.45, 2.75) is 47.5 Å². The van der Waals surface area contributed by atoms with Crippen LogP contribution in [0.5, 0.6) is 0 Å². The third-order valence-electron chi connectivity index (χ3n) is 7.31. The zero-order valence-corrected chi connectivity index (χ0v) is 29.4. The standard InChI is InChI=1S/C19H19.C18H17.2CH3.Si.Zr/c1-12-7-13(2)9-16(8-12)17-6-5-15(4)18-10-14(3)11-19(17)18;1-13(2)16-11-15-9-6-10-17(18(15)12-16)14-7-4-3-5-8-14;;;;/h5-11H,1-4H3;3-13H,1-2H3;2*1H3;;/q4*-1;;. The Hall–Kier alpha value is -2.80. The first-order chi connectivity index (χ1) is 18.8. The van der Waals surface area contributed by atoms with Crippen LogP contribution in [0.4, 0.5) is 0 Å². The Labute approximate surface area is 265 Å². The van der Waals surface area contributed by atoms with Crippen LogP contribution in [0, 0.1) is 42.5 Å². The Morgan fingerprint density at radius 1 is 0.610 bits per heavy atom. The molecule has 0 aliphatic rings. The van der Waals surface area contributed by atoms with Crippen LogP contribution >= 0.6 is 0 Å². The molecule has 210 valence electrons. The Morgan fingerprint density at radius 2 is 1.24 bits per heavy atom. The van der Waals surface area contributed by atoms with Gasteiger partial charge in [0.2, 0.25) is 0 Å². The number of hydrogen-bond acceptors (Lipinski definition) is 0. The van der Waals surface area contributed by atoms with Crippen molar-refractivity contribution in [1.29, 1.82) is 0 Å². The predicted octanol–water partition coefficient (Wildman–Crippen LogP) is 11.3. The quantitative estimate of drug-likeness (QED) is 0.135. The van der Waals surface area contributed by atoms with E-state index in [0.29, 0.717) is 5.92 Å². The summed E-state index contributed by atoms with van der Waals surface area (Å²) in [6, 6.07) is 37.7. The van der Waals surface area contributed by atoms with E-state index in [1.54, 1.807) is 0 Å². The number of fused-ring (bicyclic) bond motifs is 2. The maximum atomic E-state index is 3.06. The van der Waals surface area contributed by atoms with Gasteiger partial charge in [0.15, 0.2) is 0 Å². The van der Waals surface area contributed by atoms with Gasteiger partial charge in [0.1, 0.15) is 0 Å². The third-order valence-corrected chi connectivity index (χ3v) is 7.31. The molecule has 6 aromatic carbocycles. The van der Waals surface area contributed by atoms with Crippen LogP contribution in [-0.2, 0) is 23.3 Å². The van der Waals surface area contributed by atoms with E-state index in [1.165, 1.54) is 95.0 Å². The summed E-state index contributed by atoms with van der Waals surface area (Å²) in [7, 11) is 0. The van der Waals surface area contributed by atoms with Crippen LogP contribution in [0.2, 0.25) is 0 Å². The van der Waals surface area contributed by atoms with Crippen LogP contribution in [0.3, 0.4) is 0 Å². The molecular weight excluding hydrogens is 588 g/mol. The molecule has 0 heterocycles. The average Bonchev–Trinajstić information content (AvgIpc) is 3.55. The molecule has 0 bridgehead atoms. The van der Waals surface area contributed by atoms with Crippen molar-refractivity contribution in [2.24, 2.45) is 0 Å². The van der Waals surface area contributed by atoms with Gasteiger partial charge in [-0.15, -0.1) is 68.6 Å². The second kappa shape index (κ2) is 15.4. The first-order valence-electron chi connectivity index (χ1n) is 13.6. The van der Waals surface area contributed by atoms with Gasteiger partial charge < -0.3 is 14.9 Å². The maximum absolute atomic E-state index is 3.06. The SMILES string of the molecule is CC(C)c1cc2c(-c3ccccc3)cccc2[cH-]1.Cc1cc(C)cc(-c2ccc(C)c3[cH-]c(C)cc23)c1.[CH3-].[CH3-].[Si]=[Zr]. The minimum atomic E-state index is 0. The molecule has 0 unspecified atom stereocenters. The van der Waals surface area contributed by atoms with Crippen molar-refractivity contribution in [3.8, 4) is 22.3 Å². The molecule has 0 N–H and O–H groups in total. The van der Waals surface area contributed by atoms with Crippen molar-refractivity contribution < 1.29 is 23.3 Å². The van der Waals surface area contributed by atoms with Gasteiger partial charge in [-0.3, -0.25) is 0 Å². The minimum absolute atomic E-state index is 0. The molecule has 0 amide bonds. The summed E-state index contributed by atoms with van der Waals surface area (Å²) in [5.74, 6) is 0.584. The Balaban J connectivity index is 0.000000259. The second-order valence-electron chi connectivity index (χ2n) is 10.8. The van der Waals surface area contributed by atoms with E-state index in [-0.39, 0.29) is 14.9 Å². The van der Waals surface area contributed by atoms with E-state index in [2.05, 4.69) is 152 Å². The summed E-state index contributed by atoms with van der Waals surface area (Å²) in [5, 5.41) is 5.48. The van der Waals surface area contributed by atoms with E-state index >= 15 is 0 Å². The first-order valence-corrected chi connectivity index (χ1v) is 17.7. The molecule has 0 nitrogen and oxygen atoms in total. The fraction of sp³-hybridized carbons (Fsp3) is 0.179. The molecule has 6 rings (SSSR count). The Kier molecular flexibility index (Phi) is 13.0. The number of aryl methyl sites for hydroxylation is 4. The summed E-state index contributed by atoms with van der Waals surface area (Å²) in [5.41, 5.74) is 12.1. The third kappa shape index (κ3) is 7.94. The van der Waals surface area contributed by atoms with E-state index in [4.69, 9.17) is 0 Å². The average molecular weight is 630 g/mol. The molecule has 0 atom stereocenters. The molecule has 41 heavy (non-hydrogen) atoms. The van der Waals surface area contributed by atoms with E-state index in [0.717, 1.165) is 0 Å². The molecule has 6 aromatic rings. The van der Waals surface area contributed by atoms with E-state index in [9.17, 15) is 0 Å². The van der Waals surface area contributed by atoms with Crippen molar-refractivity contribution in [1.82, 2.24) is 0 Å². The molecule has 0 aliphatic heterocycles. The molecular formula is C39H42SiZr-4. The van der Waals surface area contributed by atoms with Crippen LogP contribution in [0.15, 0.2) is 103 Å². The van der Waals surface area contributed by atoms with Gasteiger partial charge in [-0.1, -0.05) is 111 Å². The summed E-state index contributed by atoms with van der Waals surface area (Å²) in [6.07, 6.45) is 0. The van der Waals surface area contributed by atoms with Gasteiger partial charge in [-0.2, -0.15) is 12.1 Å². The van der Waals surface area contributed by atoms with Gasteiger partial charge in [0.25, 0.3) is 0 Å². The van der Waals surface area contributed by atoms with Crippen LogP contribution in [0.1, 0.15) is 47.6 Å². The molecule has 0 aliphatic carbocycles. The van der Waals surface area contributed by atoms with Gasteiger partial charge in [-0.05, 0) is 30.9 Å². The summed E-state index contributed by atoms with van der Waals surface area (Å²) < 4.78 is 0. The molecule has 0 fully saturated rings. The first kappa shape index (κ1) is 34.4. The Morgan fingerprint density at radius 3 is 1.88 bits per heavy atom. The Bertz CT molecular complexity index is 1680. The number of benzene rings is 4. The van der Waals surface area contributed by atoms with Crippen LogP contribution in [-0.4, -0.2) is 6.88 Å². The topological polar surface area (TPSA) is 0 Å². The van der Waals surface area contributed by atoms with Crippen molar-refractivity contribution in [2.75, 3.05) is 0 Å². The summed E-state index contributed by atoms with van der Waals surface area (Å²) in [6.45, 7) is 16.2. The van der Waals surface area contributed by atoms with Gasteiger partial charge in [0, 0.05) is 0 Å². The second-order valence-corrected chi connectivity index (χ2v) is 10.8. The van der Waals surface area contributed by atoms with Crippen molar-refractivity contribution in [3.05, 3.63) is 146 Å². The van der Waals surface area contributed by atoms with Crippen molar-refractivity contribution in [3.63, 3.8) is 0 Å². The monoisotopic (exact) mass is 628 g/mol. The fourth-order valence-corrected chi connectivity index (χ4v) is 5.43. The number of rotatable bonds is 3. The normalized spacial score (nSPS) is 10.2. The molecule has 2 heteroatoms. The molecule has 0 saturated heterocycles. The van der Waals surface area contributed by atoms with Crippen LogP contribution in [0.25, 0.3) is 43.8 Å². The molecule has 0 saturated carbocycles. The predicted molar refractivity (Wildman–Crippen MR) is 182 cm³/mol. The summed E-state index contributed by atoms with van der Waals surface area (Å²) >= 11 is 1.36. The van der Waals surface area contributed by atoms with E-state index < -0.39 is 0 Å². The summed E-state index contributed by atoms with van der Waals surface area (Å²) in [4.78, 5) is 0. The van der Waals surface area contributed by atoms with E-state index in [1.807, 2.05) is 0 Å². The van der Waals surface area contributed by atoms with Gasteiger partial charge in [0.05, 0.1) is 0 Å².